The molecular weight excluding hydrogens is 371 g/mol. The van der Waals surface area contributed by atoms with E-state index < -0.39 is 6.18 Å². The molecule has 142 valence electrons. The molecule has 1 aromatic rings. The Morgan fingerprint density at radius 3 is 2.78 bits per heavy atom. The Balaban J connectivity index is 1.80. The number of thioether (sulfide) groups is 1. The summed E-state index contributed by atoms with van der Waals surface area (Å²) in [5.41, 5.74) is 5.21. The number of carbonyl (C=O) groups excluding carboxylic acids is 1. The van der Waals surface area contributed by atoms with E-state index in [1.807, 2.05) is 18.2 Å². The summed E-state index contributed by atoms with van der Waals surface area (Å²) in [5, 5.41) is 3.47. The summed E-state index contributed by atoms with van der Waals surface area (Å²) in [7, 11) is 0. The molecule has 0 saturated heterocycles. The van der Waals surface area contributed by atoms with E-state index in [0.29, 0.717) is 12.0 Å². The maximum Gasteiger partial charge on any atom is 0.409 e. The fourth-order valence-electron chi connectivity index (χ4n) is 4.02. The van der Waals surface area contributed by atoms with E-state index in [4.69, 9.17) is 0 Å². The Labute approximate surface area is 160 Å². The van der Waals surface area contributed by atoms with Crippen molar-refractivity contribution in [1.82, 2.24) is 5.32 Å². The molecule has 0 amide bonds. The number of nitrogens with one attached hydrogen (secondary N) is 1. The fourth-order valence-corrected chi connectivity index (χ4v) is 5.29. The number of alkyl halides is 3. The van der Waals surface area contributed by atoms with E-state index in [1.165, 1.54) is 5.70 Å². The summed E-state index contributed by atoms with van der Waals surface area (Å²) in [6.07, 6.45) is 0.225. The summed E-state index contributed by atoms with van der Waals surface area (Å²) in [4.78, 5) is 13.9. The second-order valence-electron chi connectivity index (χ2n) is 7.16. The van der Waals surface area contributed by atoms with Crippen molar-refractivity contribution in [2.24, 2.45) is 0 Å². The molecule has 0 bridgehead atoms. The fraction of sp³-hybridized carbons (Fsp3) is 0.381. The van der Waals surface area contributed by atoms with Gasteiger partial charge in [-0.05, 0) is 49.0 Å². The van der Waals surface area contributed by atoms with E-state index >= 15 is 0 Å². The van der Waals surface area contributed by atoms with Crippen molar-refractivity contribution in [3.8, 4) is 0 Å². The van der Waals surface area contributed by atoms with Gasteiger partial charge < -0.3 is 5.32 Å². The van der Waals surface area contributed by atoms with E-state index in [0.717, 1.165) is 58.4 Å². The molecule has 3 aliphatic rings. The number of hydrogen-bond donors (Lipinski definition) is 1. The topological polar surface area (TPSA) is 29.1 Å². The van der Waals surface area contributed by atoms with Crippen LogP contribution in [0.4, 0.5) is 13.2 Å². The number of hydrogen-bond acceptors (Lipinski definition) is 3. The van der Waals surface area contributed by atoms with Crippen LogP contribution in [0.5, 0.6) is 0 Å². The zero-order valence-electron chi connectivity index (χ0n) is 15.0. The molecule has 0 saturated carbocycles. The monoisotopic (exact) mass is 391 g/mol. The zero-order chi connectivity index (χ0) is 19.2. The minimum atomic E-state index is -4.34. The Morgan fingerprint density at radius 2 is 2.00 bits per heavy atom. The van der Waals surface area contributed by atoms with Gasteiger partial charge in [0, 0.05) is 46.0 Å². The molecule has 1 aliphatic carbocycles. The highest BCUT2D eigenvalue weighted by atomic mass is 32.2. The SMILES string of the molecule is Cc1ccc(C2C3=C(CCS3)NC3=C2C(=O)CCC3)cc1C=CC(F)(F)F. The van der Waals surface area contributed by atoms with E-state index in [9.17, 15) is 18.0 Å². The zero-order valence-corrected chi connectivity index (χ0v) is 15.8. The number of allylic oxidation sites excluding steroid dienone is 5. The van der Waals surface area contributed by atoms with Crippen molar-refractivity contribution in [1.29, 1.82) is 0 Å². The first-order valence-corrected chi connectivity index (χ1v) is 10.1. The first-order chi connectivity index (χ1) is 12.8. The molecule has 4 rings (SSSR count). The van der Waals surface area contributed by atoms with Crippen molar-refractivity contribution in [3.05, 3.63) is 62.8 Å². The van der Waals surface area contributed by atoms with Crippen LogP contribution < -0.4 is 5.32 Å². The van der Waals surface area contributed by atoms with Crippen LogP contribution in [0.3, 0.4) is 0 Å². The summed E-state index contributed by atoms with van der Waals surface area (Å²) in [6, 6.07) is 5.61. The maximum atomic E-state index is 12.7. The predicted molar refractivity (Wildman–Crippen MR) is 102 cm³/mol. The van der Waals surface area contributed by atoms with Crippen molar-refractivity contribution >= 4 is 23.6 Å². The van der Waals surface area contributed by atoms with Gasteiger partial charge in [-0.1, -0.05) is 18.2 Å². The smallest absolute Gasteiger partial charge is 0.361 e. The van der Waals surface area contributed by atoms with Gasteiger partial charge in [0.2, 0.25) is 0 Å². The lowest BCUT2D eigenvalue weighted by Gasteiger charge is -2.33. The molecule has 6 heteroatoms. The number of benzene rings is 1. The van der Waals surface area contributed by atoms with Gasteiger partial charge in [0.15, 0.2) is 5.78 Å². The van der Waals surface area contributed by atoms with Gasteiger partial charge in [-0.15, -0.1) is 11.8 Å². The molecule has 0 fully saturated rings. The van der Waals surface area contributed by atoms with Crippen LogP contribution in [-0.4, -0.2) is 17.7 Å². The number of ketones is 1. The second-order valence-corrected chi connectivity index (χ2v) is 8.30. The van der Waals surface area contributed by atoms with Crippen molar-refractivity contribution in [3.63, 3.8) is 0 Å². The normalized spacial score (nSPS) is 23.0. The van der Waals surface area contributed by atoms with Gasteiger partial charge in [0.1, 0.15) is 0 Å². The molecule has 0 spiro atoms. The van der Waals surface area contributed by atoms with Crippen LogP contribution in [-0.2, 0) is 4.79 Å². The molecule has 1 unspecified atom stereocenters. The largest absolute Gasteiger partial charge is 0.409 e. The minimum Gasteiger partial charge on any atom is -0.361 e. The molecule has 0 aromatic heterocycles. The predicted octanol–water partition coefficient (Wildman–Crippen LogP) is 5.61. The van der Waals surface area contributed by atoms with Crippen LogP contribution >= 0.6 is 11.8 Å². The van der Waals surface area contributed by atoms with Gasteiger partial charge in [-0.3, -0.25) is 4.79 Å². The Kier molecular flexibility index (Phi) is 4.70. The molecule has 2 nitrogen and oxygen atoms in total. The molecule has 0 radical (unpaired) electrons. The third-order valence-electron chi connectivity index (χ3n) is 5.30. The highest BCUT2D eigenvalue weighted by molar-refractivity contribution is 8.03. The first-order valence-electron chi connectivity index (χ1n) is 9.09. The van der Waals surface area contributed by atoms with E-state index in [1.54, 1.807) is 18.7 Å². The highest BCUT2D eigenvalue weighted by Gasteiger charge is 2.38. The van der Waals surface area contributed by atoms with E-state index in [-0.39, 0.29) is 17.8 Å². The Bertz CT molecular complexity index is 895. The number of halogens is 3. The van der Waals surface area contributed by atoms with Crippen molar-refractivity contribution < 1.29 is 18.0 Å². The standard InChI is InChI=1S/C21H20F3NOS/c1-12-5-6-14(11-13(12)7-9-21(22,23)24)18-19-15(3-2-4-17(19)26)25-16-8-10-27-20(16)18/h5-7,9,11,18,25H,2-4,8,10H2,1H3. The van der Waals surface area contributed by atoms with Crippen molar-refractivity contribution in [2.75, 3.05) is 5.75 Å². The van der Waals surface area contributed by atoms with Crippen LogP contribution in [0.25, 0.3) is 6.08 Å². The lowest BCUT2D eigenvalue weighted by molar-refractivity contribution is -0.116. The lowest BCUT2D eigenvalue weighted by Crippen LogP contribution is -2.30. The minimum absolute atomic E-state index is 0.153. The van der Waals surface area contributed by atoms with Gasteiger partial charge in [-0.2, -0.15) is 13.2 Å². The summed E-state index contributed by atoms with van der Waals surface area (Å²) < 4.78 is 37.9. The summed E-state index contributed by atoms with van der Waals surface area (Å²) in [6.45, 7) is 1.80. The number of aryl methyl sites for hydroxylation is 1. The molecular formula is C21H20F3NOS. The third-order valence-corrected chi connectivity index (χ3v) is 6.51. The quantitative estimate of drug-likeness (QED) is 0.710. The molecule has 1 aromatic carbocycles. The first kappa shape index (κ1) is 18.4. The third kappa shape index (κ3) is 3.59. The number of carbonyl (C=O) groups is 1. The number of Topliss-reactive ketones (excluding diaryl/α,β-unsaturated/α-hetero) is 1. The summed E-state index contributed by atoms with van der Waals surface area (Å²) in [5.74, 6) is 0.964. The van der Waals surface area contributed by atoms with Gasteiger partial charge >= 0.3 is 6.18 Å². The molecule has 27 heavy (non-hydrogen) atoms. The Hall–Kier alpha value is -1.95. The average Bonchev–Trinajstić information content (AvgIpc) is 3.07. The van der Waals surface area contributed by atoms with Gasteiger partial charge in [0.05, 0.1) is 0 Å². The number of dihydropyridines is 1. The average molecular weight is 391 g/mol. The highest BCUT2D eigenvalue weighted by Crippen LogP contribution is 2.50. The van der Waals surface area contributed by atoms with Crippen LogP contribution in [0.1, 0.15) is 48.3 Å². The Morgan fingerprint density at radius 1 is 1.19 bits per heavy atom. The van der Waals surface area contributed by atoms with E-state index in [2.05, 4.69) is 5.32 Å². The molecule has 2 heterocycles. The van der Waals surface area contributed by atoms with Gasteiger partial charge in [0.25, 0.3) is 0 Å². The molecule has 1 atom stereocenters. The van der Waals surface area contributed by atoms with Crippen LogP contribution in [0.2, 0.25) is 0 Å². The molecule has 2 aliphatic heterocycles. The maximum absolute atomic E-state index is 12.7. The van der Waals surface area contributed by atoms with Gasteiger partial charge in [-0.25, -0.2) is 0 Å². The molecule has 1 N–H and O–H groups in total. The lowest BCUT2D eigenvalue weighted by atomic mass is 9.78. The number of rotatable bonds is 2. The van der Waals surface area contributed by atoms with Crippen molar-refractivity contribution in [2.45, 2.75) is 44.7 Å². The summed E-state index contributed by atoms with van der Waals surface area (Å²) >= 11 is 1.75. The van der Waals surface area contributed by atoms with Crippen LogP contribution in [0, 0.1) is 6.92 Å². The van der Waals surface area contributed by atoms with Crippen LogP contribution in [0.15, 0.2) is 46.1 Å². The second kappa shape index (κ2) is 6.89.